The van der Waals surface area contributed by atoms with Gasteiger partial charge < -0.3 is 4.74 Å². The van der Waals surface area contributed by atoms with Crippen molar-refractivity contribution in [3.8, 4) is 0 Å². The highest BCUT2D eigenvalue weighted by Gasteiger charge is 2.42. The first-order chi connectivity index (χ1) is 26.9. The molecule has 1 aromatic carbocycles. The molecule has 310 valence electrons. The number of fused-ring (bicyclic) bond motifs is 4. The summed E-state index contributed by atoms with van der Waals surface area (Å²) < 4.78 is 80.0. The fourth-order valence-electron chi connectivity index (χ4n) is 7.19. The van der Waals surface area contributed by atoms with E-state index in [1.165, 1.54) is 4.57 Å². The molecule has 0 radical (unpaired) electrons. The van der Waals surface area contributed by atoms with Crippen molar-refractivity contribution in [1.82, 2.24) is 52.4 Å². The second-order valence-electron chi connectivity index (χ2n) is 14.3. The molecule has 19 nitrogen and oxygen atoms in total. The van der Waals surface area contributed by atoms with Crippen LogP contribution in [0.15, 0.2) is 43.4 Å². The first kappa shape index (κ1) is 41.6. The van der Waals surface area contributed by atoms with Crippen molar-refractivity contribution in [1.29, 1.82) is 0 Å². The first-order valence-electron chi connectivity index (χ1n) is 18.1. The van der Waals surface area contributed by atoms with Gasteiger partial charge in [-0.2, -0.15) is 18.4 Å². The molecule has 57 heavy (non-hydrogen) atoms. The van der Waals surface area contributed by atoms with Crippen LogP contribution in [0, 0.1) is 13.8 Å². The summed E-state index contributed by atoms with van der Waals surface area (Å²) in [6.07, 6.45) is 1.12. The molecule has 0 amide bonds. The van der Waals surface area contributed by atoms with E-state index in [9.17, 15) is 36.4 Å². The Morgan fingerprint density at radius 3 is 1.82 bits per heavy atom. The number of nitrogens with zero attached hydrogens (tertiary/aromatic N) is 11. The van der Waals surface area contributed by atoms with E-state index in [4.69, 9.17) is 4.74 Å². The van der Waals surface area contributed by atoms with E-state index in [0.29, 0.717) is 28.4 Å². The van der Waals surface area contributed by atoms with Crippen LogP contribution in [0.1, 0.15) is 48.5 Å². The Bertz CT molecular complexity index is 2600. The molecule has 2 saturated heterocycles. The number of rotatable bonds is 13. The second kappa shape index (κ2) is 16.8. The molecule has 0 spiro atoms. The van der Waals surface area contributed by atoms with E-state index in [-0.39, 0.29) is 42.8 Å². The standard InChI is InChI=1S/C24H30F2N6O3.C10H14FN5O5S/c1-15-28-32-22(29(15)2)27-23(33)31(24(32)34)13-18(26)12-30-19-6-7-20(30)10-21(9-19)35-14-17-5-3-4-16(8-17)11-25;1-6-13-16-8(14(6)2)12-9(17)15(10(16)18)4-7(11)5-21-22(3,19)20/h3-5,8,18-21H,6-7,9-14H2,1-2H3;7H,4-5H2,1-3H3. The Balaban J connectivity index is 0.000000215. The van der Waals surface area contributed by atoms with Crippen molar-refractivity contribution in [2.24, 2.45) is 14.1 Å². The number of piperidine rings is 1. The molecule has 2 fully saturated rings. The van der Waals surface area contributed by atoms with Gasteiger partial charge in [0.25, 0.3) is 10.1 Å². The molecule has 4 atom stereocenters. The number of benzene rings is 1. The van der Waals surface area contributed by atoms with Crippen LogP contribution in [0.5, 0.6) is 0 Å². The predicted molar refractivity (Wildman–Crippen MR) is 198 cm³/mol. The summed E-state index contributed by atoms with van der Waals surface area (Å²) in [5, 5.41) is 8.01. The minimum absolute atomic E-state index is 0.0338. The average Bonchev–Trinajstić information content (AvgIpc) is 3.70. The number of halogens is 3. The van der Waals surface area contributed by atoms with Crippen LogP contribution in [0.2, 0.25) is 0 Å². The Morgan fingerprint density at radius 1 is 0.807 bits per heavy atom. The number of ether oxygens (including phenoxy) is 1. The lowest BCUT2D eigenvalue weighted by molar-refractivity contribution is -0.0341. The van der Waals surface area contributed by atoms with Crippen molar-refractivity contribution in [2.45, 2.75) is 96.4 Å². The topological polar surface area (TPSA) is 204 Å². The van der Waals surface area contributed by atoms with Crippen molar-refractivity contribution >= 4 is 21.7 Å². The zero-order valence-corrected chi connectivity index (χ0v) is 32.8. The van der Waals surface area contributed by atoms with Crippen molar-refractivity contribution in [3.05, 3.63) is 89.0 Å². The molecule has 5 aromatic rings. The molecular weight excluding hydrogens is 780 g/mol. The van der Waals surface area contributed by atoms with Gasteiger partial charge in [0.2, 0.25) is 11.6 Å². The third kappa shape index (κ3) is 9.26. The number of alkyl halides is 3. The average molecular weight is 824 g/mol. The monoisotopic (exact) mass is 823 g/mol. The van der Waals surface area contributed by atoms with E-state index >= 15 is 4.39 Å². The lowest BCUT2D eigenvalue weighted by atomic mass is 9.99. The van der Waals surface area contributed by atoms with Gasteiger partial charge in [-0.05, 0) is 50.7 Å². The number of hydrogen-bond acceptors (Lipinski definition) is 13. The molecule has 2 aliphatic heterocycles. The number of aryl methyl sites for hydroxylation is 4. The van der Waals surface area contributed by atoms with Crippen LogP contribution in [-0.2, 0) is 59.5 Å². The van der Waals surface area contributed by atoms with Gasteiger partial charge in [0.1, 0.15) is 30.7 Å². The largest absolute Gasteiger partial charge is 0.373 e. The van der Waals surface area contributed by atoms with Gasteiger partial charge >= 0.3 is 22.8 Å². The lowest BCUT2D eigenvalue weighted by Crippen LogP contribution is -2.49. The highest BCUT2D eigenvalue weighted by atomic mass is 32.2. The summed E-state index contributed by atoms with van der Waals surface area (Å²) >= 11 is 0. The fraction of sp³-hybridized carbons (Fsp3) is 0.588. The maximum Gasteiger partial charge on any atom is 0.356 e. The first-order valence-corrected chi connectivity index (χ1v) is 20.0. The van der Waals surface area contributed by atoms with Crippen LogP contribution >= 0.6 is 0 Å². The third-order valence-corrected chi connectivity index (χ3v) is 10.8. The SMILES string of the molecule is Cc1nn2c(=O)n(CC(F)CN3C4CCC3CC(OCc3cccc(CF)c3)C4)c(=O)nc2n1C.Cc1nn2c(=O)n(CC(F)COS(C)(=O)=O)c(=O)nc2n1C. The van der Waals surface area contributed by atoms with Crippen molar-refractivity contribution < 1.29 is 30.5 Å². The predicted octanol–water partition coefficient (Wildman–Crippen LogP) is 0.130. The van der Waals surface area contributed by atoms with Crippen LogP contribution in [0.3, 0.4) is 0 Å². The van der Waals surface area contributed by atoms with Gasteiger partial charge in [-0.1, -0.05) is 24.3 Å². The Hall–Kier alpha value is -5.00. The molecule has 2 bridgehead atoms. The molecular formula is C34H44F3N11O8S. The van der Waals surface area contributed by atoms with Gasteiger partial charge in [-0.25, -0.2) is 41.5 Å². The molecule has 4 unspecified atom stereocenters. The molecule has 23 heteroatoms. The normalized spacial score (nSPS) is 19.5. The van der Waals surface area contributed by atoms with E-state index < -0.39 is 65.0 Å². The summed E-state index contributed by atoms with van der Waals surface area (Å²) in [5.74, 6) is 1.14. The van der Waals surface area contributed by atoms with Gasteiger partial charge in [-0.3, -0.25) is 18.2 Å². The summed E-state index contributed by atoms with van der Waals surface area (Å²) in [4.78, 5) is 58.9. The zero-order valence-electron chi connectivity index (χ0n) is 32.0. The molecule has 0 N–H and O–H groups in total. The number of aromatic nitrogens is 10. The van der Waals surface area contributed by atoms with E-state index in [1.807, 2.05) is 18.2 Å². The summed E-state index contributed by atoms with van der Waals surface area (Å²) in [7, 11) is -0.573. The van der Waals surface area contributed by atoms with Gasteiger partial charge in [-0.15, -0.1) is 19.2 Å². The van der Waals surface area contributed by atoms with Crippen LogP contribution in [-0.4, -0.2) is 111 Å². The van der Waals surface area contributed by atoms with Crippen LogP contribution in [0.4, 0.5) is 13.2 Å². The smallest absolute Gasteiger partial charge is 0.356 e. The van der Waals surface area contributed by atoms with Gasteiger partial charge in [0.05, 0.1) is 38.7 Å². The van der Waals surface area contributed by atoms with Gasteiger partial charge in [0, 0.05) is 32.7 Å². The molecule has 0 aliphatic carbocycles. The minimum Gasteiger partial charge on any atom is -0.373 e. The summed E-state index contributed by atoms with van der Waals surface area (Å²) in [6, 6.07) is 7.74. The Kier molecular flexibility index (Phi) is 12.3. The summed E-state index contributed by atoms with van der Waals surface area (Å²) in [5.41, 5.74) is -1.67. The molecule has 4 aromatic heterocycles. The van der Waals surface area contributed by atoms with Crippen molar-refractivity contribution in [2.75, 3.05) is 19.4 Å². The van der Waals surface area contributed by atoms with Crippen LogP contribution in [0.25, 0.3) is 11.6 Å². The maximum absolute atomic E-state index is 15.2. The minimum atomic E-state index is -3.81. The van der Waals surface area contributed by atoms with E-state index in [1.54, 1.807) is 38.6 Å². The Labute approximate surface area is 323 Å². The Morgan fingerprint density at radius 2 is 1.32 bits per heavy atom. The second-order valence-corrected chi connectivity index (χ2v) is 16.0. The van der Waals surface area contributed by atoms with Crippen molar-refractivity contribution in [3.63, 3.8) is 0 Å². The molecule has 7 rings (SSSR count). The quantitative estimate of drug-likeness (QED) is 0.145. The highest BCUT2D eigenvalue weighted by Crippen LogP contribution is 2.37. The van der Waals surface area contributed by atoms with E-state index in [0.717, 1.165) is 51.1 Å². The highest BCUT2D eigenvalue weighted by molar-refractivity contribution is 7.85. The lowest BCUT2D eigenvalue weighted by Gasteiger charge is -2.39. The fourth-order valence-corrected chi connectivity index (χ4v) is 7.59. The molecule has 6 heterocycles. The zero-order chi connectivity index (χ0) is 41.3. The third-order valence-electron chi connectivity index (χ3n) is 10.2. The van der Waals surface area contributed by atoms with E-state index in [2.05, 4.69) is 29.2 Å². The summed E-state index contributed by atoms with van der Waals surface area (Å²) in [6.45, 7) is 1.56. The molecule has 0 saturated carbocycles. The molecule has 2 aliphatic rings. The van der Waals surface area contributed by atoms with Gasteiger partial charge in [0.15, 0.2) is 0 Å². The maximum atomic E-state index is 15.2. The number of hydrogen-bond donors (Lipinski definition) is 0. The van der Waals surface area contributed by atoms with Crippen LogP contribution < -0.4 is 22.8 Å².